The first-order valence-corrected chi connectivity index (χ1v) is 13.1. The lowest BCUT2D eigenvalue weighted by Gasteiger charge is -2.38. The Hall–Kier alpha value is -1.92. The normalized spacial score (nSPS) is 29.2. The molecule has 4 aliphatic rings. The van der Waals surface area contributed by atoms with Crippen LogP contribution in [0.4, 0.5) is 4.39 Å². The highest BCUT2D eigenvalue weighted by Crippen LogP contribution is 2.56. The maximum atomic E-state index is 15.4. The SMILES string of the molecule is C=C([C@H]1CCO1)N1CC2(CC2)C(NS(C)(=O)=O)C1Cc1cccc(C#CC2(O)CC2)c1F. The smallest absolute Gasteiger partial charge is 0.209 e. The van der Waals surface area contributed by atoms with E-state index in [1.165, 1.54) is 6.26 Å². The molecule has 0 radical (unpaired) electrons. The zero-order valence-corrected chi connectivity index (χ0v) is 19.0. The highest BCUT2D eigenvalue weighted by Gasteiger charge is 2.60. The summed E-state index contributed by atoms with van der Waals surface area (Å²) in [4.78, 5) is 2.14. The summed E-state index contributed by atoms with van der Waals surface area (Å²) in [5.74, 6) is 5.14. The maximum absolute atomic E-state index is 15.4. The van der Waals surface area contributed by atoms with Crippen LogP contribution in [0.3, 0.4) is 0 Å². The Balaban J connectivity index is 1.46. The van der Waals surface area contributed by atoms with E-state index in [1.807, 2.05) is 0 Å². The predicted octanol–water partition coefficient (Wildman–Crippen LogP) is 1.93. The molecule has 2 aliphatic carbocycles. The van der Waals surface area contributed by atoms with Crippen molar-refractivity contribution < 1.29 is 22.7 Å². The van der Waals surface area contributed by atoms with Gasteiger partial charge >= 0.3 is 0 Å². The molecule has 2 unspecified atom stereocenters. The van der Waals surface area contributed by atoms with Gasteiger partial charge in [0.1, 0.15) is 11.4 Å². The van der Waals surface area contributed by atoms with E-state index in [9.17, 15) is 13.5 Å². The number of benzene rings is 1. The quantitative estimate of drug-likeness (QED) is 0.635. The number of halogens is 1. The molecule has 8 heteroatoms. The van der Waals surface area contributed by atoms with Crippen molar-refractivity contribution in [3.63, 3.8) is 0 Å². The van der Waals surface area contributed by atoms with Crippen LogP contribution >= 0.6 is 0 Å². The fourth-order valence-electron chi connectivity index (χ4n) is 4.92. The summed E-state index contributed by atoms with van der Waals surface area (Å²) in [5, 5.41) is 9.97. The molecule has 1 aromatic carbocycles. The summed E-state index contributed by atoms with van der Waals surface area (Å²) in [5.41, 5.74) is 0.451. The van der Waals surface area contributed by atoms with Crippen molar-refractivity contribution in [3.8, 4) is 11.8 Å². The minimum absolute atomic E-state index is 0.0633. The predicted molar refractivity (Wildman–Crippen MR) is 119 cm³/mol. The average Bonchev–Trinajstić information content (AvgIpc) is 3.58. The fraction of sp³-hybridized carbons (Fsp3) is 0.583. The molecule has 4 fully saturated rings. The van der Waals surface area contributed by atoms with Crippen molar-refractivity contribution in [2.24, 2.45) is 5.41 Å². The standard InChI is InChI=1S/C24H29FN2O4S/c1-16(20-7-13-31-20)27-15-23(9-10-23)22(26-32(2,29)30)19(27)14-18-5-3-4-17(21(18)25)6-8-24(28)11-12-24/h3-5,19-20,22,26,28H,1,7,9-15H2,2H3/t19?,20-,22?/m1/s1. The monoisotopic (exact) mass is 460 g/mol. The van der Waals surface area contributed by atoms with Crippen LogP contribution in [0, 0.1) is 23.1 Å². The fourth-order valence-corrected chi connectivity index (χ4v) is 5.79. The molecular weight excluding hydrogens is 431 g/mol. The number of rotatable bonds is 6. The Labute approximate surface area is 188 Å². The van der Waals surface area contributed by atoms with Gasteiger partial charge in [-0.2, -0.15) is 0 Å². The molecule has 32 heavy (non-hydrogen) atoms. The van der Waals surface area contributed by atoms with Gasteiger partial charge in [-0.25, -0.2) is 17.5 Å². The molecule has 1 spiro atoms. The van der Waals surface area contributed by atoms with Crippen LogP contribution in [0.5, 0.6) is 0 Å². The minimum Gasteiger partial charge on any atom is -0.378 e. The molecule has 2 saturated heterocycles. The van der Waals surface area contributed by atoms with E-state index in [2.05, 4.69) is 28.0 Å². The number of nitrogens with one attached hydrogen (secondary N) is 1. The highest BCUT2D eigenvalue weighted by molar-refractivity contribution is 7.88. The Morgan fingerprint density at radius 1 is 1.38 bits per heavy atom. The summed E-state index contributed by atoms with van der Waals surface area (Å²) < 4.78 is 48.3. The Morgan fingerprint density at radius 3 is 2.66 bits per heavy atom. The van der Waals surface area contributed by atoms with Crippen LogP contribution in [-0.2, 0) is 21.2 Å². The van der Waals surface area contributed by atoms with Crippen LogP contribution in [0.15, 0.2) is 30.5 Å². The van der Waals surface area contributed by atoms with Crippen LogP contribution in [-0.4, -0.2) is 61.6 Å². The van der Waals surface area contributed by atoms with E-state index >= 15 is 4.39 Å². The Morgan fingerprint density at radius 2 is 2.09 bits per heavy atom. The first kappa shape index (κ1) is 21.9. The van der Waals surface area contributed by atoms with E-state index in [0.29, 0.717) is 38.0 Å². The average molecular weight is 461 g/mol. The molecular formula is C24H29FN2O4S. The summed E-state index contributed by atoms with van der Waals surface area (Å²) in [6.45, 7) is 5.64. The maximum Gasteiger partial charge on any atom is 0.209 e. The first-order valence-electron chi connectivity index (χ1n) is 11.2. The minimum atomic E-state index is -3.44. The first-order chi connectivity index (χ1) is 15.1. The zero-order valence-electron chi connectivity index (χ0n) is 18.2. The van der Waals surface area contributed by atoms with Gasteiger partial charge in [-0.3, -0.25) is 0 Å². The van der Waals surface area contributed by atoms with Gasteiger partial charge in [0.25, 0.3) is 0 Å². The third kappa shape index (κ3) is 4.19. The number of ether oxygens (including phenoxy) is 1. The second kappa shape index (κ2) is 7.56. The van der Waals surface area contributed by atoms with Crippen molar-refractivity contribution in [1.29, 1.82) is 0 Å². The van der Waals surface area contributed by atoms with E-state index < -0.39 is 21.4 Å². The van der Waals surface area contributed by atoms with Gasteiger partial charge in [0, 0.05) is 36.2 Å². The highest BCUT2D eigenvalue weighted by atomic mass is 32.2. The van der Waals surface area contributed by atoms with Gasteiger partial charge in [-0.05, 0) is 43.7 Å². The molecule has 0 aromatic heterocycles. The van der Waals surface area contributed by atoms with E-state index in [4.69, 9.17) is 4.74 Å². The molecule has 2 N–H and O–H groups in total. The van der Waals surface area contributed by atoms with Crippen molar-refractivity contribution in [2.45, 2.75) is 62.3 Å². The Kier molecular flexibility index (Phi) is 5.17. The zero-order chi connectivity index (χ0) is 22.7. The lowest BCUT2D eigenvalue weighted by molar-refractivity contribution is -0.0424. The van der Waals surface area contributed by atoms with Gasteiger partial charge < -0.3 is 14.7 Å². The number of likely N-dealkylation sites (tertiary alicyclic amines) is 1. The van der Waals surface area contributed by atoms with Gasteiger partial charge in [-0.1, -0.05) is 30.6 Å². The number of sulfonamides is 1. The summed E-state index contributed by atoms with van der Waals surface area (Å²) in [6, 6.07) is 4.50. The number of nitrogens with zero attached hydrogens (tertiary/aromatic N) is 1. The number of aliphatic hydroxyl groups is 1. The Bertz CT molecular complexity index is 1110. The molecule has 2 saturated carbocycles. The van der Waals surface area contributed by atoms with E-state index in [0.717, 1.165) is 25.0 Å². The van der Waals surface area contributed by atoms with Crippen molar-refractivity contribution in [1.82, 2.24) is 9.62 Å². The molecule has 2 heterocycles. The van der Waals surface area contributed by atoms with Gasteiger partial charge in [0.15, 0.2) is 0 Å². The molecule has 5 rings (SSSR count). The van der Waals surface area contributed by atoms with Crippen LogP contribution in [0.2, 0.25) is 0 Å². The molecule has 3 atom stereocenters. The van der Waals surface area contributed by atoms with Crippen LogP contribution in [0.1, 0.15) is 43.2 Å². The van der Waals surface area contributed by atoms with Crippen molar-refractivity contribution in [2.75, 3.05) is 19.4 Å². The molecule has 1 aromatic rings. The van der Waals surface area contributed by atoms with Crippen LogP contribution < -0.4 is 4.72 Å². The van der Waals surface area contributed by atoms with Crippen molar-refractivity contribution >= 4 is 10.0 Å². The van der Waals surface area contributed by atoms with E-state index in [-0.39, 0.29) is 29.2 Å². The van der Waals surface area contributed by atoms with Gasteiger partial charge in [0.05, 0.1) is 24.5 Å². The summed E-state index contributed by atoms with van der Waals surface area (Å²) in [7, 11) is -3.44. The molecule has 0 amide bonds. The third-order valence-electron chi connectivity index (χ3n) is 7.26. The van der Waals surface area contributed by atoms with Crippen LogP contribution in [0.25, 0.3) is 0 Å². The lowest BCUT2D eigenvalue weighted by Crippen LogP contribution is -2.49. The second-order valence-electron chi connectivity index (χ2n) is 9.83. The molecule has 172 valence electrons. The summed E-state index contributed by atoms with van der Waals surface area (Å²) >= 11 is 0. The second-order valence-corrected chi connectivity index (χ2v) is 11.6. The molecule has 6 nitrogen and oxygen atoms in total. The number of hydrogen-bond donors (Lipinski definition) is 2. The van der Waals surface area contributed by atoms with Crippen molar-refractivity contribution in [3.05, 3.63) is 47.4 Å². The number of hydrogen-bond acceptors (Lipinski definition) is 5. The summed E-state index contributed by atoms with van der Waals surface area (Å²) in [6.07, 6.45) is 5.42. The lowest BCUT2D eigenvalue weighted by atomic mass is 9.92. The van der Waals surface area contributed by atoms with Gasteiger partial charge in [0.2, 0.25) is 10.0 Å². The molecule has 0 bridgehead atoms. The third-order valence-corrected chi connectivity index (χ3v) is 7.95. The van der Waals surface area contributed by atoms with Gasteiger partial charge in [-0.15, -0.1) is 0 Å². The topological polar surface area (TPSA) is 78.9 Å². The van der Waals surface area contributed by atoms with E-state index in [1.54, 1.807) is 18.2 Å². The largest absolute Gasteiger partial charge is 0.378 e. The molecule has 2 aliphatic heterocycles.